The van der Waals surface area contributed by atoms with Crippen LogP contribution in [0.15, 0.2) is 24.3 Å². The molecule has 3 rings (SSSR count). The fraction of sp³-hybridized carbons (Fsp3) is 0.188. The number of halogens is 1. The second-order valence-electron chi connectivity index (χ2n) is 5.10. The number of fused-ring (bicyclic) bond motifs is 1. The molecule has 108 valence electrons. The van der Waals surface area contributed by atoms with E-state index in [1.807, 2.05) is 38.1 Å². The molecule has 2 heterocycles. The van der Waals surface area contributed by atoms with Crippen LogP contribution in [0.4, 0.5) is 0 Å². The number of H-pyrrole nitrogens is 1. The zero-order chi connectivity index (χ0) is 15.1. The molecule has 21 heavy (non-hydrogen) atoms. The van der Waals surface area contributed by atoms with Gasteiger partial charge in [0.2, 0.25) is 0 Å². The summed E-state index contributed by atoms with van der Waals surface area (Å²) in [6.45, 7) is 4.03. The molecule has 1 aromatic carbocycles. The predicted molar refractivity (Wildman–Crippen MR) is 87.4 cm³/mol. The Labute approximate surface area is 131 Å². The highest BCUT2D eigenvalue weighted by Crippen LogP contribution is 2.38. The average molecular weight is 320 g/mol. The minimum Gasteiger partial charge on any atom is -0.481 e. The molecule has 0 fully saturated rings. The lowest BCUT2D eigenvalue weighted by molar-refractivity contribution is -0.136. The quantitative estimate of drug-likeness (QED) is 0.729. The van der Waals surface area contributed by atoms with E-state index >= 15 is 0 Å². The number of rotatable bonds is 3. The van der Waals surface area contributed by atoms with Gasteiger partial charge in [0, 0.05) is 10.9 Å². The highest BCUT2D eigenvalue weighted by Gasteiger charge is 2.19. The summed E-state index contributed by atoms with van der Waals surface area (Å²) in [6.07, 6.45) is -0.00482. The third-order valence-electron chi connectivity index (χ3n) is 3.62. The normalized spacial score (nSPS) is 11.2. The van der Waals surface area contributed by atoms with E-state index in [1.165, 1.54) is 11.3 Å². The van der Waals surface area contributed by atoms with Gasteiger partial charge in [0.25, 0.3) is 0 Å². The second kappa shape index (κ2) is 5.20. The number of aliphatic carboxylic acids is 1. The van der Waals surface area contributed by atoms with E-state index in [0.717, 1.165) is 38.2 Å². The number of hydrogen-bond acceptors (Lipinski definition) is 2. The molecule has 0 aliphatic carbocycles. The summed E-state index contributed by atoms with van der Waals surface area (Å²) in [4.78, 5) is 15.6. The lowest BCUT2D eigenvalue weighted by Gasteiger charge is -2.03. The van der Waals surface area contributed by atoms with Crippen molar-refractivity contribution in [3.8, 4) is 10.6 Å². The number of aryl methyl sites for hydroxylation is 2. The number of hydrogen-bond donors (Lipinski definition) is 2. The fourth-order valence-electron chi connectivity index (χ4n) is 2.67. The van der Waals surface area contributed by atoms with Crippen LogP contribution in [-0.4, -0.2) is 16.1 Å². The van der Waals surface area contributed by atoms with Crippen molar-refractivity contribution in [1.82, 2.24) is 4.98 Å². The van der Waals surface area contributed by atoms with E-state index in [9.17, 15) is 9.90 Å². The van der Waals surface area contributed by atoms with Crippen LogP contribution in [0.25, 0.3) is 21.5 Å². The van der Waals surface area contributed by atoms with E-state index in [-0.39, 0.29) is 6.42 Å². The molecule has 0 unspecified atom stereocenters. The minimum absolute atomic E-state index is 0.00482. The highest BCUT2D eigenvalue weighted by atomic mass is 35.5. The van der Waals surface area contributed by atoms with Gasteiger partial charge in [-0.2, -0.15) is 0 Å². The van der Waals surface area contributed by atoms with Crippen LogP contribution in [0.1, 0.15) is 16.7 Å². The Kier molecular flexibility index (Phi) is 3.51. The van der Waals surface area contributed by atoms with Crippen LogP contribution >= 0.6 is 22.9 Å². The number of benzene rings is 1. The molecule has 2 N–H and O–H groups in total. The van der Waals surface area contributed by atoms with E-state index < -0.39 is 5.97 Å². The molecule has 3 aromatic rings. The Morgan fingerprint density at radius 3 is 2.57 bits per heavy atom. The van der Waals surface area contributed by atoms with E-state index in [0.29, 0.717) is 4.34 Å². The molecule has 0 aliphatic rings. The average Bonchev–Trinajstić information content (AvgIpc) is 2.98. The number of carbonyl (C=O) groups is 1. The molecule has 0 saturated carbocycles. The molecule has 0 saturated heterocycles. The smallest absolute Gasteiger partial charge is 0.307 e. The lowest BCUT2D eigenvalue weighted by atomic mass is 10.0. The molecular formula is C16H14ClNO2S. The number of nitrogens with one attached hydrogen (secondary N) is 1. The van der Waals surface area contributed by atoms with Crippen molar-refractivity contribution in [2.45, 2.75) is 20.3 Å². The molecule has 0 atom stereocenters. The van der Waals surface area contributed by atoms with Crippen LogP contribution in [0.3, 0.4) is 0 Å². The molecule has 0 aliphatic heterocycles. The van der Waals surface area contributed by atoms with Crippen molar-refractivity contribution in [3.05, 3.63) is 45.3 Å². The van der Waals surface area contributed by atoms with Crippen molar-refractivity contribution in [2.75, 3.05) is 0 Å². The zero-order valence-corrected chi connectivity index (χ0v) is 13.2. The van der Waals surface area contributed by atoms with E-state index in [2.05, 4.69) is 4.98 Å². The van der Waals surface area contributed by atoms with Gasteiger partial charge in [-0.15, -0.1) is 11.3 Å². The third kappa shape index (κ3) is 2.45. The van der Waals surface area contributed by atoms with Crippen molar-refractivity contribution in [2.24, 2.45) is 0 Å². The maximum absolute atomic E-state index is 11.3. The van der Waals surface area contributed by atoms with Gasteiger partial charge in [-0.05, 0) is 42.7 Å². The highest BCUT2D eigenvalue weighted by molar-refractivity contribution is 7.19. The van der Waals surface area contributed by atoms with E-state index in [1.54, 1.807) is 0 Å². The van der Waals surface area contributed by atoms with Gasteiger partial charge >= 0.3 is 5.97 Å². The summed E-state index contributed by atoms with van der Waals surface area (Å²) in [5, 5.41) is 10.3. The van der Waals surface area contributed by atoms with Gasteiger partial charge in [-0.1, -0.05) is 23.7 Å². The van der Waals surface area contributed by atoms with Gasteiger partial charge in [-0.25, -0.2) is 0 Å². The minimum atomic E-state index is -0.833. The van der Waals surface area contributed by atoms with Crippen molar-refractivity contribution in [3.63, 3.8) is 0 Å². The van der Waals surface area contributed by atoms with Crippen molar-refractivity contribution >= 4 is 39.8 Å². The van der Waals surface area contributed by atoms with Gasteiger partial charge in [0.1, 0.15) is 0 Å². The van der Waals surface area contributed by atoms with Crippen molar-refractivity contribution < 1.29 is 9.90 Å². The summed E-state index contributed by atoms with van der Waals surface area (Å²) >= 11 is 7.47. The van der Waals surface area contributed by atoms with Crippen molar-refractivity contribution in [1.29, 1.82) is 0 Å². The fourth-order valence-corrected chi connectivity index (χ4v) is 3.74. The Balaban J connectivity index is 2.35. The van der Waals surface area contributed by atoms with Crippen LogP contribution in [0.2, 0.25) is 4.34 Å². The molecule has 3 nitrogen and oxygen atoms in total. The molecular weight excluding hydrogens is 306 g/mol. The Hall–Kier alpha value is -1.78. The summed E-state index contributed by atoms with van der Waals surface area (Å²) < 4.78 is 0.693. The largest absolute Gasteiger partial charge is 0.481 e. The SMILES string of the molecule is Cc1ccc(C)c2c(CC(=O)O)c(-c3ccc(Cl)s3)[nH]c12. The zero-order valence-electron chi connectivity index (χ0n) is 11.7. The lowest BCUT2D eigenvalue weighted by Crippen LogP contribution is -2.01. The second-order valence-corrected chi connectivity index (χ2v) is 6.82. The number of carboxylic acid groups (broad SMARTS) is 1. The first-order chi connectivity index (χ1) is 9.97. The molecule has 0 bridgehead atoms. The molecule has 5 heteroatoms. The Bertz CT molecular complexity index is 847. The van der Waals surface area contributed by atoms with Gasteiger partial charge < -0.3 is 10.1 Å². The molecule has 0 spiro atoms. The Morgan fingerprint density at radius 2 is 1.95 bits per heavy atom. The number of carboxylic acids is 1. The summed E-state index contributed by atoms with van der Waals surface area (Å²) in [5.41, 5.74) is 4.89. The Morgan fingerprint density at radius 1 is 1.24 bits per heavy atom. The number of thiophene rings is 1. The van der Waals surface area contributed by atoms with Gasteiger partial charge in [-0.3, -0.25) is 4.79 Å². The standard InChI is InChI=1S/C16H14ClNO2S/c1-8-3-4-9(2)15-14(8)10(7-13(19)20)16(18-15)11-5-6-12(17)21-11/h3-6,18H,7H2,1-2H3,(H,19,20). The van der Waals surface area contributed by atoms with Crippen LogP contribution in [-0.2, 0) is 11.2 Å². The first kappa shape index (κ1) is 14.2. The number of aromatic amines is 1. The van der Waals surface area contributed by atoms with E-state index in [4.69, 9.17) is 11.6 Å². The van der Waals surface area contributed by atoms with Gasteiger partial charge in [0.15, 0.2) is 0 Å². The summed E-state index contributed by atoms with van der Waals surface area (Å²) in [5.74, 6) is -0.833. The number of aromatic nitrogens is 1. The van der Waals surface area contributed by atoms with Gasteiger partial charge in [0.05, 0.1) is 21.3 Å². The third-order valence-corrected chi connectivity index (χ3v) is 4.87. The van der Waals surface area contributed by atoms with Crippen LogP contribution < -0.4 is 0 Å². The molecule has 0 radical (unpaired) electrons. The first-order valence-corrected chi connectivity index (χ1v) is 7.75. The summed E-state index contributed by atoms with van der Waals surface area (Å²) in [7, 11) is 0. The monoisotopic (exact) mass is 319 g/mol. The van der Waals surface area contributed by atoms with Crippen LogP contribution in [0.5, 0.6) is 0 Å². The first-order valence-electron chi connectivity index (χ1n) is 6.55. The van der Waals surface area contributed by atoms with Crippen LogP contribution in [0, 0.1) is 13.8 Å². The maximum Gasteiger partial charge on any atom is 0.307 e. The molecule has 2 aromatic heterocycles. The molecule has 0 amide bonds. The topological polar surface area (TPSA) is 53.1 Å². The summed E-state index contributed by atoms with van der Waals surface area (Å²) in [6, 6.07) is 7.83. The maximum atomic E-state index is 11.3. The predicted octanol–water partition coefficient (Wildman–Crippen LogP) is 4.79.